The number of pyridine rings is 1. The number of amides is 2. The van der Waals surface area contributed by atoms with Crippen LogP contribution in [0.1, 0.15) is 5.56 Å². The molecule has 5 heteroatoms. The van der Waals surface area contributed by atoms with Crippen molar-refractivity contribution in [3.05, 3.63) is 71.9 Å². The fraction of sp³-hybridized carbons (Fsp3) is 0.0588. The molecule has 2 N–H and O–H groups in total. The average Bonchev–Trinajstić information content (AvgIpc) is 3.03. The number of carbonyl (C=O) groups excluding carboxylic acids is 1. The molecule has 2 aromatic heterocycles. The third-order valence-corrected chi connectivity index (χ3v) is 3.96. The Hall–Kier alpha value is -2.66. The number of nitrogens with one attached hydrogen (secondary N) is 2. The van der Waals surface area contributed by atoms with Crippen LogP contribution in [0.4, 0.5) is 9.80 Å². The number of aromatic nitrogens is 1. The molecular formula is C17H15N3OS. The minimum atomic E-state index is -0.195. The summed E-state index contributed by atoms with van der Waals surface area (Å²) in [5, 5.41) is 8.27. The lowest BCUT2D eigenvalue weighted by molar-refractivity contribution is 0.252. The summed E-state index contributed by atoms with van der Waals surface area (Å²) in [5.41, 5.74) is 3.88. The van der Waals surface area contributed by atoms with Crippen LogP contribution in [0.15, 0.2) is 66.3 Å². The Kier molecular flexibility index (Phi) is 4.46. The molecular weight excluding hydrogens is 294 g/mol. The first kappa shape index (κ1) is 14.3. The van der Waals surface area contributed by atoms with Gasteiger partial charge in [0.25, 0.3) is 0 Å². The summed E-state index contributed by atoms with van der Waals surface area (Å²) < 4.78 is 0. The number of fused-ring (bicyclic) bond motifs is 1. The molecule has 0 aromatic carbocycles. The molecule has 0 saturated heterocycles. The predicted octanol–water partition coefficient (Wildman–Crippen LogP) is 4.13. The Morgan fingerprint density at radius 3 is 2.18 bits per heavy atom. The van der Waals surface area contributed by atoms with Gasteiger partial charge in [0.05, 0.1) is 5.00 Å². The van der Waals surface area contributed by atoms with Crippen molar-refractivity contribution in [3.63, 3.8) is 0 Å². The zero-order valence-electron chi connectivity index (χ0n) is 11.8. The maximum atomic E-state index is 11.5. The first-order chi connectivity index (χ1) is 10.8. The minimum Gasteiger partial charge on any atom is -0.334 e. The zero-order chi connectivity index (χ0) is 15.2. The molecule has 4 nitrogen and oxygen atoms in total. The average molecular weight is 309 g/mol. The number of rotatable bonds is 3. The van der Waals surface area contributed by atoms with Crippen molar-refractivity contribution in [1.29, 1.82) is 0 Å². The number of hydrogen-bond acceptors (Lipinski definition) is 3. The lowest BCUT2D eigenvalue weighted by Crippen LogP contribution is -2.27. The Morgan fingerprint density at radius 1 is 1.00 bits per heavy atom. The van der Waals surface area contributed by atoms with Gasteiger partial charge in [-0.2, -0.15) is 0 Å². The van der Waals surface area contributed by atoms with Crippen LogP contribution in [0.3, 0.4) is 0 Å². The van der Waals surface area contributed by atoms with Gasteiger partial charge in [0, 0.05) is 18.9 Å². The molecule has 2 aliphatic carbocycles. The van der Waals surface area contributed by atoms with Gasteiger partial charge in [0.15, 0.2) is 0 Å². The Morgan fingerprint density at radius 2 is 1.68 bits per heavy atom. The SMILES string of the molecule is O=C(NCc1ccncc1)Nc1cccs1.c1cc2ccc1-2. The minimum absolute atomic E-state index is 0.195. The molecule has 0 spiro atoms. The van der Waals surface area contributed by atoms with Crippen LogP contribution in [0.25, 0.3) is 11.1 Å². The quantitative estimate of drug-likeness (QED) is 0.598. The number of carbonyl (C=O) groups is 1. The van der Waals surface area contributed by atoms with E-state index >= 15 is 0 Å². The molecule has 0 bridgehead atoms. The van der Waals surface area contributed by atoms with Crippen LogP contribution in [0.2, 0.25) is 0 Å². The van der Waals surface area contributed by atoms with Crippen LogP contribution < -0.4 is 10.6 Å². The predicted molar refractivity (Wildman–Crippen MR) is 89.9 cm³/mol. The zero-order valence-corrected chi connectivity index (χ0v) is 12.6. The topological polar surface area (TPSA) is 54.0 Å². The van der Waals surface area contributed by atoms with E-state index in [9.17, 15) is 4.79 Å². The molecule has 110 valence electrons. The highest BCUT2D eigenvalue weighted by molar-refractivity contribution is 7.14. The van der Waals surface area contributed by atoms with Crippen LogP contribution in [-0.4, -0.2) is 11.0 Å². The maximum absolute atomic E-state index is 11.5. The molecule has 0 fully saturated rings. The number of benzene rings is 1. The molecule has 2 heterocycles. The smallest absolute Gasteiger partial charge is 0.320 e. The maximum Gasteiger partial charge on any atom is 0.320 e. The third kappa shape index (κ3) is 3.71. The molecule has 2 aliphatic rings. The molecule has 0 atom stereocenters. The summed E-state index contributed by atoms with van der Waals surface area (Å²) in [5.74, 6) is 0. The standard InChI is InChI=1S/C11H11N3OS.C6H4/c15-11(14-10-2-1-7-16-10)13-8-9-3-5-12-6-4-9;1-2-6-4-3-5(1)6/h1-7H,8H2,(H2,13,14,15);1-4H. The molecule has 0 aliphatic heterocycles. The van der Waals surface area contributed by atoms with Crippen molar-refractivity contribution in [2.24, 2.45) is 0 Å². The summed E-state index contributed by atoms with van der Waals surface area (Å²) in [7, 11) is 0. The number of nitrogens with zero attached hydrogens (tertiary/aromatic N) is 1. The second-order valence-corrected chi connectivity index (χ2v) is 5.67. The van der Waals surface area contributed by atoms with Crippen molar-refractivity contribution in [2.45, 2.75) is 6.54 Å². The second-order valence-electron chi connectivity index (χ2n) is 4.72. The summed E-state index contributed by atoms with van der Waals surface area (Å²) in [4.78, 5) is 15.4. The highest BCUT2D eigenvalue weighted by Gasteiger charge is 2.04. The fourth-order valence-corrected chi connectivity index (χ4v) is 2.46. The molecule has 0 saturated carbocycles. The van der Waals surface area contributed by atoms with Crippen LogP contribution in [0.5, 0.6) is 0 Å². The van der Waals surface area contributed by atoms with Gasteiger partial charge in [-0.15, -0.1) is 11.3 Å². The van der Waals surface area contributed by atoms with Gasteiger partial charge in [-0.1, -0.05) is 24.3 Å². The van der Waals surface area contributed by atoms with Crippen molar-refractivity contribution in [3.8, 4) is 11.1 Å². The highest BCUT2D eigenvalue weighted by atomic mass is 32.1. The Bertz CT molecular complexity index is 703. The van der Waals surface area contributed by atoms with E-state index in [0.29, 0.717) is 6.54 Å². The Labute approximate surface area is 132 Å². The van der Waals surface area contributed by atoms with Crippen LogP contribution in [-0.2, 0) is 6.54 Å². The molecule has 2 aromatic rings. The normalized spacial score (nSPS) is 10.2. The summed E-state index contributed by atoms with van der Waals surface area (Å²) in [6.45, 7) is 0.500. The third-order valence-electron chi connectivity index (χ3n) is 3.18. The van der Waals surface area contributed by atoms with Crippen molar-refractivity contribution in [1.82, 2.24) is 10.3 Å². The first-order valence-corrected chi connectivity index (χ1v) is 7.77. The lowest BCUT2D eigenvalue weighted by Gasteiger charge is -2.10. The van der Waals surface area contributed by atoms with Crippen LogP contribution in [0, 0.1) is 0 Å². The Balaban J connectivity index is 0.000000196. The van der Waals surface area contributed by atoms with Crippen molar-refractivity contribution < 1.29 is 4.79 Å². The largest absolute Gasteiger partial charge is 0.334 e. The van der Waals surface area contributed by atoms with Gasteiger partial charge in [0.1, 0.15) is 0 Å². The van der Waals surface area contributed by atoms with Gasteiger partial charge >= 0.3 is 6.03 Å². The number of thiophene rings is 1. The highest BCUT2D eigenvalue weighted by Crippen LogP contribution is 2.29. The summed E-state index contributed by atoms with van der Waals surface area (Å²) in [6.07, 6.45) is 3.41. The van der Waals surface area contributed by atoms with E-state index in [4.69, 9.17) is 0 Å². The van der Waals surface area contributed by atoms with Gasteiger partial charge in [0.2, 0.25) is 0 Å². The number of urea groups is 1. The molecule has 4 rings (SSSR count). The van der Waals surface area contributed by atoms with E-state index < -0.39 is 0 Å². The summed E-state index contributed by atoms with van der Waals surface area (Å²) >= 11 is 1.49. The summed E-state index contributed by atoms with van der Waals surface area (Å²) in [6, 6.07) is 15.8. The van der Waals surface area contributed by atoms with Crippen molar-refractivity contribution >= 4 is 22.4 Å². The molecule has 0 radical (unpaired) electrons. The van der Waals surface area contributed by atoms with Gasteiger partial charge in [-0.3, -0.25) is 10.3 Å². The van der Waals surface area contributed by atoms with E-state index in [1.807, 2.05) is 29.6 Å². The van der Waals surface area contributed by atoms with Crippen molar-refractivity contribution in [2.75, 3.05) is 5.32 Å². The van der Waals surface area contributed by atoms with Crippen LogP contribution >= 0.6 is 11.3 Å². The van der Waals surface area contributed by atoms with E-state index in [0.717, 1.165) is 10.6 Å². The van der Waals surface area contributed by atoms with E-state index in [1.165, 1.54) is 22.5 Å². The second kappa shape index (κ2) is 6.87. The number of hydrogen-bond donors (Lipinski definition) is 2. The van der Waals surface area contributed by atoms with E-state index in [2.05, 4.69) is 39.9 Å². The fourth-order valence-electron chi connectivity index (χ4n) is 1.85. The van der Waals surface area contributed by atoms with E-state index in [-0.39, 0.29) is 6.03 Å². The van der Waals surface area contributed by atoms with Gasteiger partial charge in [-0.05, 0) is 46.3 Å². The number of anilines is 1. The monoisotopic (exact) mass is 309 g/mol. The van der Waals surface area contributed by atoms with Gasteiger partial charge < -0.3 is 5.32 Å². The molecule has 2 amide bonds. The molecule has 22 heavy (non-hydrogen) atoms. The molecule has 0 unspecified atom stereocenters. The lowest BCUT2D eigenvalue weighted by atomic mass is 9.95. The van der Waals surface area contributed by atoms with E-state index in [1.54, 1.807) is 12.4 Å². The van der Waals surface area contributed by atoms with Gasteiger partial charge in [-0.25, -0.2) is 4.79 Å². The first-order valence-electron chi connectivity index (χ1n) is 6.89.